The lowest BCUT2D eigenvalue weighted by molar-refractivity contribution is 0.0789. The molecule has 0 heterocycles. The highest BCUT2D eigenvalue weighted by atomic mass is 35.5. The maximum Gasteiger partial charge on any atom is 0.251 e. The second-order valence-corrected chi connectivity index (χ2v) is 11.2. The molecule has 3 N–H and O–H groups in total. The lowest BCUT2D eigenvalue weighted by Crippen LogP contribution is -2.43. The Morgan fingerprint density at radius 3 is 2.50 bits per heavy atom. The van der Waals surface area contributed by atoms with Crippen molar-refractivity contribution >= 4 is 17.5 Å². The van der Waals surface area contributed by atoms with Crippen molar-refractivity contribution in [3.63, 3.8) is 0 Å². The van der Waals surface area contributed by atoms with Crippen molar-refractivity contribution in [2.75, 3.05) is 13.2 Å². The summed E-state index contributed by atoms with van der Waals surface area (Å²) in [6.45, 7) is 3.17. The minimum absolute atomic E-state index is 0.158. The lowest BCUT2D eigenvalue weighted by Gasteiger charge is -2.25. The van der Waals surface area contributed by atoms with Gasteiger partial charge < -0.3 is 15.8 Å². The van der Waals surface area contributed by atoms with E-state index in [2.05, 4.69) is 23.5 Å². The van der Waals surface area contributed by atoms with E-state index in [1.807, 2.05) is 67.6 Å². The summed E-state index contributed by atoms with van der Waals surface area (Å²) in [5.41, 5.74) is 10.0. The van der Waals surface area contributed by atoms with Gasteiger partial charge in [0.2, 0.25) is 0 Å². The molecule has 3 aromatic rings. The first kappa shape index (κ1) is 27.9. The quantitative estimate of drug-likeness (QED) is 0.313. The predicted octanol–water partition coefficient (Wildman–Crippen LogP) is 6.12. The summed E-state index contributed by atoms with van der Waals surface area (Å²) in [5, 5.41) is 13.8. The lowest BCUT2D eigenvalue weighted by atomic mass is 9.79. The van der Waals surface area contributed by atoms with Crippen LogP contribution in [0.2, 0.25) is 5.02 Å². The molecule has 0 aliphatic heterocycles. The SMILES string of the molecule is CC(N)(COCc1cc(C(=O)NCCc2cccc(Cl)c2)cc(C2(C#N)CCCC2)c1)Cc1ccccc1. The van der Waals surface area contributed by atoms with Crippen LogP contribution in [0.5, 0.6) is 0 Å². The predicted molar refractivity (Wildman–Crippen MR) is 152 cm³/mol. The number of nitrogens with one attached hydrogen (secondary N) is 1. The Labute approximate surface area is 231 Å². The van der Waals surface area contributed by atoms with E-state index in [1.165, 1.54) is 0 Å². The van der Waals surface area contributed by atoms with E-state index >= 15 is 0 Å². The first-order valence-corrected chi connectivity index (χ1v) is 13.7. The van der Waals surface area contributed by atoms with Crippen LogP contribution in [0.15, 0.2) is 72.8 Å². The van der Waals surface area contributed by atoms with Crippen molar-refractivity contribution in [1.82, 2.24) is 5.32 Å². The third-order valence-corrected chi connectivity index (χ3v) is 7.45. The Morgan fingerprint density at radius 2 is 1.79 bits per heavy atom. The number of nitrogens with two attached hydrogens (primary N) is 1. The zero-order chi connectivity index (χ0) is 27.0. The molecule has 38 heavy (non-hydrogen) atoms. The number of carbonyl (C=O) groups is 1. The molecular weight excluding hydrogens is 494 g/mol. The molecule has 1 fully saturated rings. The van der Waals surface area contributed by atoms with Crippen LogP contribution in [0.1, 0.15) is 65.2 Å². The highest BCUT2D eigenvalue weighted by Crippen LogP contribution is 2.41. The molecular formula is C32H36ClN3O2. The number of nitriles is 1. The Kier molecular flexibility index (Phi) is 9.22. The van der Waals surface area contributed by atoms with Gasteiger partial charge >= 0.3 is 0 Å². The molecule has 1 aliphatic rings. The highest BCUT2D eigenvalue weighted by molar-refractivity contribution is 6.30. The molecule has 1 atom stereocenters. The highest BCUT2D eigenvalue weighted by Gasteiger charge is 2.36. The number of hydrogen-bond acceptors (Lipinski definition) is 4. The van der Waals surface area contributed by atoms with Gasteiger partial charge in [-0.15, -0.1) is 0 Å². The number of benzene rings is 3. The van der Waals surface area contributed by atoms with Gasteiger partial charge in [0, 0.05) is 22.7 Å². The standard InChI is InChI=1S/C32H36ClN3O2/c1-31(35,20-25-8-3-2-4-9-25)23-38-21-26-16-27(19-28(17-26)32(22-34)13-5-6-14-32)30(37)36-15-12-24-10-7-11-29(33)18-24/h2-4,7-11,16-19H,5-6,12-15,20-21,23,35H2,1H3,(H,36,37). The first-order chi connectivity index (χ1) is 18.3. The molecule has 0 aromatic heterocycles. The molecule has 1 saturated carbocycles. The van der Waals surface area contributed by atoms with Crippen LogP contribution in [-0.4, -0.2) is 24.6 Å². The number of hydrogen-bond donors (Lipinski definition) is 2. The Hall–Kier alpha value is -3.17. The zero-order valence-electron chi connectivity index (χ0n) is 22.0. The van der Waals surface area contributed by atoms with E-state index in [4.69, 9.17) is 22.1 Å². The maximum atomic E-state index is 13.2. The van der Waals surface area contributed by atoms with Gasteiger partial charge in [0.25, 0.3) is 5.91 Å². The number of amides is 1. The zero-order valence-corrected chi connectivity index (χ0v) is 22.8. The summed E-state index contributed by atoms with van der Waals surface area (Å²) in [4.78, 5) is 13.2. The molecule has 198 valence electrons. The van der Waals surface area contributed by atoms with Gasteiger partial charge in [-0.25, -0.2) is 0 Å². The monoisotopic (exact) mass is 529 g/mol. The van der Waals surface area contributed by atoms with E-state index in [1.54, 1.807) is 0 Å². The fourth-order valence-corrected chi connectivity index (χ4v) is 5.47. The van der Waals surface area contributed by atoms with Crippen LogP contribution in [0.4, 0.5) is 0 Å². The third-order valence-electron chi connectivity index (χ3n) is 7.22. The number of halogens is 1. The second-order valence-electron chi connectivity index (χ2n) is 10.8. The van der Waals surface area contributed by atoms with Crippen molar-refractivity contribution in [1.29, 1.82) is 5.26 Å². The first-order valence-electron chi connectivity index (χ1n) is 13.3. The number of carbonyl (C=O) groups excluding carboxylic acids is 1. The fourth-order valence-electron chi connectivity index (χ4n) is 5.26. The van der Waals surface area contributed by atoms with Gasteiger partial charge in [0.1, 0.15) is 0 Å². The smallest absolute Gasteiger partial charge is 0.251 e. The number of nitrogens with zero attached hydrogens (tertiary/aromatic N) is 1. The topological polar surface area (TPSA) is 88.1 Å². The van der Waals surface area contributed by atoms with Gasteiger partial charge in [-0.3, -0.25) is 4.79 Å². The molecule has 3 aromatic carbocycles. The molecule has 1 amide bonds. The van der Waals surface area contributed by atoms with Crippen LogP contribution >= 0.6 is 11.6 Å². The van der Waals surface area contributed by atoms with Gasteiger partial charge in [-0.05, 0) is 79.1 Å². The summed E-state index contributed by atoms with van der Waals surface area (Å²) in [6.07, 6.45) is 5.02. The minimum Gasteiger partial charge on any atom is -0.375 e. The Balaban J connectivity index is 1.46. The van der Waals surface area contributed by atoms with E-state index in [-0.39, 0.29) is 5.91 Å². The van der Waals surface area contributed by atoms with Gasteiger partial charge in [-0.1, -0.05) is 73.0 Å². The third kappa shape index (κ3) is 7.45. The van der Waals surface area contributed by atoms with E-state index in [0.29, 0.717) is 43.2 Å². The molecule has 0 spiro atoms. The number of ether oxygens (including phenoxy) is 1. The Bertz CT molecular complexity index is 1280. The second kappa shape index (κ2) is 12.6. The van der Waals surface area contributed by atoms with Gasteiger partial charge in [-0.2, -0.15) is 5.26 Å². The molecule has 1 unspecified atom stereocenters. The van der Waals surface area contributed by atoms with Gasteiger partial charge in [0.15, 0.2) is 0 Å². The van der Waals surface area contributed by atoms with E-state index in [9.17, 15) is 10.1 Å². The molecule has 5 nitrogen and oxygen atoms in total. The number of rotatable bonds is 11. The van der Waals surface area contributed by atoms with Gasteiger partial charge in [0.05, 0.1) is 24.7 Å². The van der Waals surface area contributed by atoms with E-state index < -0.39 is 11.0 Å². The van der Waals surface area contributed by atoms with Crippen LogP contribution < -0.4 is 11.1 Å². The van der Waals surface area contributed by atoms with Crippen LogP contribution in [0.3, 0.4) is 0 Å². The summed E-state index contributed by atoms with van der Waals surface area (Å²) in [6, 6.07) is 26.1. The molecule has 1 aliphatic carbocycles. The van der Waals surface area contributed by atoms with Crippen molar-refractivity contribution in [2.45, 2.75) is 63.0 Å². The normalized spacial score (nSPS) is 15.9. The summed E-state index contributed by atoms with van der Waals surface area (Å²) in [7, 11) is 0. The largest absolute Gasteiger partial charge is 0.375 e. The fraction of sp³-hybridized carbons (Fsp3) is 0.375. The van der Waals surface area contributed by atoms with Crippen molar-refractivity contribution in [3.8, 4) is 6.07 Å². The Morgan fingerprint density at radius 1 is 1.05 bits per heavy atom. The summed E-state index contributed by atoms with van der Waals surface area (Å²) >= 11 is 6.08. The molecule has 4 rings (SSSR count). The minimum atomic E-state index is -0.554. The van der Waals surface area contributed by atoms with Crippen LogP contribution in [0, 0.1) is 11.3 Å². The van der Waals surface area contributed by atoms with Crippen molar-refractivity contribution in [2.24, 2.45) is 5.73 Å². The summed E-state index contributed by atoms with van der Waals surface area (Å²) < 4.78 is 6.07. The molecule has 0 radical (unpaired) electrons. The molecule has 0 bridgehead atoms. The van der Waals surface area contributed by atoms with Crippen LogP contribution in [-0.2, 0) is 29.6 Å². The van der Waals surface area contributed by atoms with E-state index in [0.717, 1.165) is 47.9 Å². The average Bonchev–Trinajstić information content (AvgIpc) is 3.39. The summed E-state index contributed by atoms with van der Waals surface area (Å²) in [5.74, 6) is -0.158. The van der Waals surface area contributed by atoms with Crippen molar-refractivity contribution in [3.05, 3.63) is 106 Å². The molecule has 6 heteroatoms. The molecule has 0 saturated heterocycles. The van der Waals surface area contributed by atoms with Crippen LogP contribution in [0.25, 0.3) is 0 Å². The average molecular weight is 530 g/mol. The maximum absolute atomic E-state index is 13.2. The van der Waals surface area contributed by atoms with Crippen molar-refractivity contribution < 1.29 is 9.53 Å².